The minimum absolute atomic E-state index is 0.0692. The van der Waals surface area contributed by atoms with E-state index in [1.807, 2.05) is 0 Å². The summed E-state index contributed by atoms with van der Waals surface area (Å²) in [5.74, 6) is 3.08. The summed E-state index contributed by atoms with van der Waals surface area (Å²) in [7, 11) is 0. The zero-order valence-corrected chi connectivity index (χ0v) is 11.9. The Kier molecular flexibility index (Phi) is 9.75. The fourth-order valence-electron chi connectivity index (χ4n) is 2.13. The monoisotopic (exact) mass is 252 g/mol. The molecule has 2 nitrogen and oxygen atoms in total. The lowest BCUT2D eigenvalue weighted by Crippen LogP contribution is -2.20. The van der Waals surface area contributed by atoms with Gasteiger partial charge in [-0.2, -0.15) is 0 Å². The van der Waals surface area contributed by atoms with Crippen LogP contribution in [0.4, 0.5) is 0 Å². The van der Waals surface area contributed by atoms with Crippen LogP contribution in [-0.2, 0) is 9.47 Å². The minimum Gasteiger partial charge on any atom is -0.414 e. The van der Waals surface area contributed by atoms with Crippen LogP contribution in [-0.4, -0.2) is 12.9 Å². The highest BCUT2D eigenvalue weighted by Gasteiger charge is 2.12. The fourth-order valence-corrected chi connectivity index (χ4v) is 2.13. The zero-order chi connectivity index (χ0) is 12.9. The summed E-state index contributed by atoms with van der Waals surface area (Å²) < 4.78 is 10.8. The molecule has 2 heteroatoms. The topological polar surface area (TPSA) is 18.5 Å². The number of unbranched alkanes of at least 4 members (excludes halogenated alkanes) is 7. The van der Waals surface area contributed by atoms with Crippen molar-refractivity contribution in [1.29, 1.82) is 0 Å². The van der Waals surface area contributed by atoms with Crippen LogP contribution in [0.15, 0.2) is 0 Å². The first-order valence-corrected chi connectivity index (χ1v) is 7.68. The first-order chi connectivity index (χ1) is 8.93. The number of hydrogen-bond acceptors (Lipinski definition) is 2. The summed E-state index contributed by atoms with van der Waals surface area (Å²) >= 11 is 0. The second-order valence-corrected chi connectivity index (χ2v) is 5.06. The molecule has 0 aromatic rings. The van der Waals surface area contributed by atoms with Crippen LogP contribution in [0.25, 0.3) is 0 Å². The van der Waals surface area contributed by atoms with E-state index in [9.17, 15) is 0 Å². The molecule has 0 aliphatic carbocycles. The SMILES string of the molecule is CCCCCCCCCC#COC1CCCCO1. The van der Waals surface area contributed by atoms with E-state index in [1.165, 1.54) is 51.4 Å². The summed E-state index contributed by atoms with van der Waals surface area (Å²) in [4.78, 5) is 0. The molecule has 18 heavy (non-hydrogen) atoms. The maximum Gasteiger partial charge on any atom is 0.210 e. The van der Waals surface area contributed by atoms with Crippen LogP contribution in [0.1, 0.15) is 77.6 Å². The molecule has 1 rings (SSSR count). The van der Waals surface area contributed by atoms with Gasteiger partial charge >= 0.3 is 0 Å². The van der Waals surface area contributed by atoms with E-state index in [2.05, 4.69) is 19.0 Å². The quantitative estimate of drug-likeness (QED) is 0.463. The molecule has 0 saturated carbocycles. The van der Waals surface area contributed by atoms with Crippen LogP contribution in [0, 0.1) is 12.0 Å². The molecule has 1 heterocycles. The van der Waals surface area contributed by atoms with Gasteiger partial charge in [0.05, 0.1) is 6.61 Å². The van der Waals surface area contributed by atoms with E-state index in [0.717, 1.165) is 25.9 Å². The van der Waals surface area contributed by atoms with E-state index in [0.29, 0.717) is 0 Å². The van der Waals surface area contributed by atoms with E-state index in [4.69, 9.17) is 9.47 Å². The number of hydrogen-bond donors (Lipinski definition) is 0. The summed E-state index contributed by atoms with van der Waals surface area (Å²) in [5.41, 5.74) is 0. The predicted molar refractivity (Wildman–Crippen MR) is 75.1 cm³/mol. The third-order valence-corrected chi connectivity index (χ3v) is 3.31. The molecule has 0 bridgehead atoms. The molecule has 0 N–H and O–H groups in total. The summed E-state index contributed by atoms with van der Waals surface area (Å²) in [6, 6.07) is 0. The van der Waals surface area contributed by atoms with E-state index < -0.39 is 0 Å². The average Bonchev–Trinajstić information content (AvgIpc) is 2.42. The smallest absolute Gasteiger partial charge is 0.210 e. The molecule has 0 spiro atoms. The van der Waals surface area contributed by atoms with Crippen molar-refractivity contribution in [2.45, 2.75) is 83.8 Å². The third kappa shape index (κ3) is 8.42. The van der Waals surface area contributed by atoms with Gasteiger partial charge < -0.3 is 9.47 Å². The van der Waals surface area contributed by atoms with Gasteiger partial charge in [-0.15, -0.1) is 0 Å². The lowest BCUT2D eigenvalue weighted by molar-refractivity contribution is -0.121. The molecule has 0 aromatic heterocycles. The Morgan fingerprint density at radius 1 is 1.06 bits per heavy atom. The molecule has 1 aliphatic rings. The lowest BCUT2D eigenvalue weighted by Gasteiger charge is -2.19. The Morgan fingerprint density at radius 3 is 2.56 bits per heavy atom. The summed E-state index contributed by atoms with van der Waals surface area (Å²) in [5, 5.41) is 0. The highest BCUT2D eigenvalue weighted by molar-refractivity contribution is 4.91. The Hall–Kier alpha value is -0.680. The molecule has 1 aliphatic heterocycles. The van der Waals surface area contributed by atoms with Gasteiger partial charge in [0.2, 0.25) is 6.29 Å². The number of rotatable bonds is 8. The summed E-state index contributed by atoms with van der Waals surface area (Å²) in [6.45, 7) is 3.08. The van der Waals surface area contributed by atoms with Crippen molar-refractivity contribution < 1.29 is 9.47 Å². The normalized spacial score (nSPS) is 19.1. The maximum atomic E-state index is 5.44. The molecule has 104 valence electrons. The molecule has 1 saturated heterocycles. The van der Waals surface area contributed by atoms with E-state index >= 15 is 0 Å². The highest BCUT2D eigenvalue weighted by Crippen LogP contribution is 2.13. The molecule has 0 radical (unpaired) electrons. The molecular weight excluding hydrogens is 224 g/mol. The second kappa shape index (κ2) is 11.4. The van der Waals surface area contributed by atoms with Gasteiger partial charge in [0.1, 0.15) is 6.11 Å². The van der Waals surface area contributed by atoms with Gasteiger partial charge in [0, 0.05) is 12.8 Å². The second-order valence-electron chi connectivity index (χ2n) is 5.06. The van der Waals surface area contributed by atoms with Gasteiger partial charge in [-0.05, 0) is 19.3 Å². The standard InChI is InChI=1S/C16H28O2/c1-2-3-4-5-6-7-8-9-11-14-17-16-13-10-12-15-18-16/h16H,2-10,12-13,15H2,1H3. The molecular formula is C16H28O2. The Balaban J connectivity index is 1.85. The van der Waals surface area contributed by atoms with Gasteiger partial charge in [-0.1, -0.05) is 51.4 Å². The summed E-state index contributed by atoms with van der Waals surface area (Å²) in [6.07, 6.45) is 16.4. The third-order valence-electron chi connectivity index (χ3n) is 3.31. The largest absolute Gasteiger partial charge is 0.414 e. The predicted octanol–water partition coefficient (Wildman–Crippen LogP) is 4.63. The Bertz CT molecular complexity index is 233. The maximum absolute atomic E-state index is 5.44. The Morgan fingerprint density at radius 2 is 1.83 bits per heavy atom. The van der Waals surface area contributed by atoms with Gasteiger partial charge in [0.25, 0.3) is 0 Å². The Labute approximate surface area is 112 Å². The highest BCUT2D eigenvalue weighted by atomic mass is 16.7. The average molecular weight is 252 g/mol. The van der Waals surface area contributed by atoms with Crippen LogP contribution >= 0.6 is 0 Å². The first kappa shape index (κ1) is 15.4. The lowest BCUT2D eigenvalue weighted by atomic mass is 10.1. The van der Waals surface area contributed by atoms with Crippen molar-refractivity contribution in [3.05, 3.63) is 0 Å². The van der Waals surface area contributed by atoms with Gasteiger partial charge in [-0.25, -0.2) is 0 Å². The van der Waals surface area contributed by atoms with Crippen LogP contribution < -0.4 is 0 Å². The molecule has 0 amide bonds. The van der Waals surface area contributed by atoms with Crippen LogP contribution in [0.5, 0.6) is 0 Å². The van der Waals surface area contributed by atoms with Crippen molar-refractivity contribution >= 4 is 0 Å². The van der Waals surface area contributed by atoms with Gasteiger partial charge in [-0.3, -0.25) is 0 Å². The van der Waals surface area contributed by atoms with Crippen molar-refractivity contribution in [3.8, 4) is 12.0 Å². The molecule has 1 atom stereocenters. The number of ether oxygens (including phenoxy) is 2. The minimum atomic E-state index is -0.0692. The van der Waals surface area contributed by atoms with Crippen molar-refractivity contribution in [1.82, 2.24) is 0 Å². The zero-order valence-electron chi connectivity index (χ0n) is 11.9. The van der Waals surface area contributed by atoms with Crippen LogP contribution in [0.3, 0.4) is 0 Å². The van der Waals surface area contributed by atoms with Crippen molar-refractivity contribution in [2.24, 2.45) is 0 Å². The van der Waals surface area contributed by atoms with E-state index in [-0.39, 0.29) is 6.29 Å². The van der Waals surface area contributed by atoms with E-state index in [1.54, 1.807) is 0 Å². The molecule has 0 aromatic carbocycles. The van der Waals surface area contributed by atoms with Gasteiger partial charge in [0.15, 0.2) is 0 Å². The first-order valence-electron chi connectivity index (χ1n) is 7.68. The van der Waals surface area contributed by atoms with Crippen molar-refractivity contribution in [2.75, 3.05) is 6.61 Å². The molecule has 1 fully saturated rings. The molecule has 1 unspecified atom stereocenters. The van der Waals surface area contributed by atoms with Crippen molar-refractivity contribution in [3.63, 3.8) is 0 Å². The fraction of sp³-hybridized carbons (Fsp3) is 0.875. The van der Waals surface area contributed by atoms with Crippen LogP contribution in [0.2, 0.25) is 0 Å².